The molecular weight excluding hydrogens is 502 g/mol. The summed E-state index contributed by atoms with van der Waals surface area (Å²) in [6, 6.07) is 3.86. The molecule has 14 heteroatoms. The van der Waals surface area contributed by atoms with Gasteiger partial charge in [-0.05, 0) is 25.1 Å². The van der Waals surface area contributed by atoms with E-state index in [1.54, 1.807) is 0 Å². The highest BCUT2D eigenvalue weighted by atomic mass is 32.2. The molecule has 0 aliphatic rings. The van der Waals surface area contributed by atoms with E-state index < -0.39 is 68.7 Å². The van der Waals surface area contributed by atoms with Gasteiger partial charge in [0.1, 0.15) is 41.0 Å². The van der Waals surface area contributed by atoms with Crippen LogP contribution in [0.5, 0.6) is 0 Å². The van der Waals surface area contributed by atoms with Gasteiger partial charge in [-0.3, -0.25) is 0 Å². The molecule has 2 atom stereocenters. The van der Waals surface area contributed by atoms with E-state index in [9.17, 15) is 39.9 Å². The molecule has 35 heavy (non-hydrogen) atoms. The molecule has 7 nitrogen and oxygen atoms in total. The number of alkyl halides is 3. The summed E-state index contributed by atoms with van der Waals surface area (Å²) in [7, 11) is -3.53. The van der Waals surface area contributed by atoms with Crippen LogP contribution in [0.25, 0.3) is 0 Å². The number of benzene rings is 2. The number of hydrogen-bond donors (Lipinski definition) is 1. The summed E-state index contributed by atoms with van der Waals surface area (Å²) in [5, 5.41) is 13.5. The van der Waals surface area contributed by atoms with Gasteiger partial charge in [0, 0.05) is 30.8 Å². The molecule has 3 rings (SSSR count). The Labute approximate surface area is 196 Å². The number of hydrogen-bond acceptors (Lipinski definition) is 5. The van der Waals surface area contributed by atoms with E-state index in [0.29, 0.717) is 16.4 Å². The lowest BCUT2D eigenvalue weighted by atomic mass is 9.90. The standard InChI is InChI=1S/C21H20F6N4O3S/c1-13(20(32,10-31-12-28-11-29-31)17-6-5-16(22)8-19(17)24)35(33,34)30(2)9-14-3-4-15(7-18(14)23)21(25,26)27/h3-8,11-13,32H,9-10H2,1-2H3/t13-,20-/m1/s1. The van der Waals surface area contributed by atoms with Gasteiger partial charge in [-0.1, -0.05) is 12.1 Å². The molecule has 0 spiro atoms. The molecule has 1 heterocycles. The SMILES string of the molecule is C[C@H]([C@](O)(Cn1cncn1)c1ccc(F)cc1F)S(=O)(=O)N(C)Cc1ccc(C(F)(F)F)cc1F. The van der Waals surface area contributed by atoms with Gasteiger partial charge >= 0.3 is 6.18 Å². The molecule has 0 unspecified atom stereocenters. The van der Waals surface area contributed by atoms with Crippen LogP contribution in [-0.4, -0.2) is 44.9 Å². The van der Waals surface area contributed by atoms with E-state index in [2.05, 4.69) is 10.1 Å². The van der Waals surface area contributed by atoms with E-state index in [1.165, 1.54) is 0 Å². The van der Waals surface area contributed by atoms with Crippen LogP contribution in [0.2, 0.25) is 0 Å². The van der Waals surface area contributed by atoms with Crippen molar-refractivity contribution in [2.75, 3.05) is 7.05 Å². The van der Waals surface area contributed by atoms with Crippen molar-refractivity contribution >= 4 is 10.0 Å². The topological polar surface area (TPSA) is 88.3 Å². The number of aromatic nitrogens is 3. The summed E-state index contributed by atoms with van der Waals surface area (Å²) < 4.78 is 109. The van der Waals surface area contributed by atoms with Crippen molar-refractivity contribution in [3.05, 3.63) is 83.2 Å². The maximum Gasteiger partial charge on any atom is 0.416 e. The Balaban J connectivity index is 1.98. The quantitative estimate of drug-likeness (QED) is 0.458. The van der Waals surface area contributed by atoms with E-state index in [4.69, 9.17) is 0 Å². The highest BCUT2D eigenvalue weighted by molar-refractivity contribution is 7.89. The fraction of sp³-hybridized carbons (Fsp3) is 0.333. The summed E-state index contributed by atoms with van der Waals surface area (Å²) in [5.41, 5.74) is -4.65. The smallest absolute Gasteiger partial charge is 0.382 e. The third-order valence-electron chi connectivity index (χ3n) is 5.59. The van der Waals surface area contributed by atoms with Crippen molar-refractivity contribution in [2.45, 2.75) is 37.0 Å². The predicted molar refractivity (Wildman–Crippen MR) is 112 cm³/mol. The summed E-state index contributed by atoms with van der Waals surface area (Å²) in [4.78, 5) is 3.69. The van der Waals surface area contributed by atoms with Crippen LogP contribution in [0.1, 0.15) is 23.6 Å². The van der Waals surface area contributed by atoms with Crippen molar-refractivity contribution in [2.24, 2.45) is 0 Å². The Bertz CT molecular complexity index is 1300. The van der Waals surface area contributed by atoms with Crippen molar-refractivity contribution in [3.8, 4) is 0 Å². The van der Waals surface area contributed by atoms with E-state index in [1.807, 2.05) is 0 Å². The van der Waals surface area contributed by atoms with E-state index >= 15 is 0 Å². The maximum absolute atomic E-state index is 14.7. The molecule has 0 saturated heterocycles. The lowest BCUT2D eigenvalue weighted by molar-refractivity contribution is -0.137. The van der Waals surface area contributed by atoms with Crippen molar-refractivity contribution in [1.82, 2.24) is 19.1 Å². The highest BCUT2D eigenvalue weighted by Gasteiger charge is 2.47. The molecule has 0 aliphatic carbocycles. The Morgan fingerprint density at radius 1 is 1.09 bits per heavy atom. The second-order valence-electron chi connectivity index (χ2n) is 7.89. The first-order chi connectivity index (χ1) is 16.2. The zero-order valence-electron chi connectivity index (χ0n) is 18.3. The fourth-order valence-electron chi connectivity index (χ4n) is 3.53. The summed E-state index contributed by atoms with van der Waals surface area (Å²) in [5.74, 6) is -3.46. The Kier molecular flexibility index (Phi) is 7.29. The van der Waals surface area contributed by atoms with Crippen LogP contribution in [0.3, 0.4) is 0 Å². The molecule has 0 radical (unpaired) electrons. The zero-order chi connectivity index (χ0) is 26.2. The third kappa shape index (κ3) is 5.49. The maximum atomic E-state index is 14.7. The van der Waals surface area contributed by atoms with Crippen molar-refractivity contribution in [3.63, 3.8) is 0 Å². The van der Waals surface area contributed by atoms with Crippen LogP contribution in [0, 0.1) is 17.5 Å². The minimum atomic E-state index is -4.79. The molecule has 0 bridgehead atoms. The molecule has 1 aromatic heterocycles. The average molecular weight is 522 g/mol. The minimum Gasteiger partial charge on any atom is -0.382 e. The second kappa shape index (κ2) is 9.59. The summed E-state index contributed by atoms with van der Waals surface area (Å²) in [6.45, 7) is -0.213. The molecule has 0 fully saturated rings. The largest absolute Gasteiger partial charge is 0.416 e. The number of aliphatic hydroxyl groups is 1. The number of rotatable bonds is 8. The first-order valence-corrected chi connectivity index (χ1v) is 11.5. The van der Waals surface area contributed by atoms with E-state index in [0.717, 1.165) is 49.5 Å². The van der Waals surface area contributed by atoms with Crippen LogP contribution < -0.4 is 0 Å². The molecule has 0 amide bonds. The fourth-order valence-corrected chi connectivity index (χ4v) is 5.09. The summed E-state index contributed by atoms with van der Waals surface area (Å²) >= 11 is 0. The molecular formula is C21H20F6N4O3S. The van der Waals surface area contributed by atoms with Gasteiger partial charge < -0.3 is 5.11 Å². The Hall–Kier alpha value is -2.97. The van der Waals surface area contributed by atoms with Gasteiger partial charge in [0.2, 0.25) is 10.0 Å². The molecule has 2 aromatic carbocycles. The van der Waals surface area contributed by atoms with Gasteiger partial charge in [0.15, 0.2) is 0 Å². The van der Waals surface area contributed by atoms with E-state index in [-0.39, 0.29) is 11.6 Å². The van der Waals surface area contributed by atoms with Crippen LogP contribution in [0.15, 0.2) is 49.1 Å². The average Bonchev–Trinajstić information content (AvgIpc) is 3.26. The van der Waals surface area contributed by atoms with Gasteiger partial charge in [-0.15, -0.1) is 0 Å². The van der Waals surface area contributed by atoms with Gasteiger partial charge in [-0.2, -0.15) is 18.3 Å². The predicted octanol–water partition coefficient (Wildman–Crippen LogP) is 3.45. The van der Waals surface area contributed by atoms with Crippen LogP contribution >= 0.6 is 0 Å². The molecule has 190 valence electrons. The summed E-state index contributed by atoms with van der Waals surface area (Å²) in [6.07, 6.45) is -2.55. The lowest BCUT2D eigenvalue weighted by Gasteiger charge is -2.36. The lowest BCUT2D eigenvalue weighted by Crippen LogP contribution is -2.50. The second-order valence-corrected chi connectivity index (χ2v) is 10.2. The normalized spacial score (nSPS) is 15.3. The molecule has 1 N–H and O–H groups in total. The number of nitrogens with zero attached hydrogens (tertiary/aromatic N) is 4. The van der Waals surface area contributed by atoms with Crippen LogP contribution in [0.4, 0.5) is 26.3 Å². The highest BCUT2D eigenvalue weighted by Crippen LogP contribution is 2.35. The monoisotopic (exact) mass is 522 g/mol. The molecule has 3 aromatic rings. The van der Waals surface area contributed by atoms with Gasteiger partial charge in [0.05, 0.1) is 12.1 Å². The first-order valence-electron chi connectivity index (χ1n) is 9.97. The zero-order valence-corrected chi connectivity index (χ0v) is 19.2. The van der Waals surface area contributed by atoms with Crippen molar-refractivity contribution in [1.29, 1.82) is 0 Å². The van der Waals surface area contributed by atoms with Crippen molar-refractivity contribution < 1.29 is 39.9 Å². The Morgan fingerprint density at radius 2 is 1.77 bits per heavy atom. The molecule has 0 aliphatic heterocycles. The number of sulfonamides is 1. The number of halogens is 6. The third-order valence-corrected chi connectivity index (χ3v) is 7.88. The van der Waals surface area contributed by atoms with Crippen LogP contribution in [-0.2, 0) is 34.9 Å². The Morgan fingerprint density at radius 3 is 2.31 bits per heavy atom. The van der Waals surface area contributed by atoms with Gasteiger partial charge in [0.25, 0.3) is 0 Å². The minimum absolute atomic E-state index is 0.244. The molecule has 0 saturated carbocycles. The van der Waals surface area contributed by atoms with Gasteiger partial charge in [-0.25, -0.2) is 35.6 Å². The first kappa shape index (κ1) is 26.6.